The molecule has 2 fully saturated rings. The minimum Gasteiger partial charge on any atom is -0.370 e. The molecule has 32 heavy (non-hydrogen) atoms. The molecule has 4 atom stereocenters. The van der Waals surface area contributed by atoms with Crippen LogP contribution in [0.1, 0.15) is 23.1 Å². The van der Waals surface area contributed by atoms with Crippen molar-refractivity contribution in [1.82, 2.24) is 10.2 Å². The van der Waals surface area contributed by atoms with Crippen LogP contribution < -0.4 is 16.4 Å². The van der Waals surface area contributed by atoms with E-state index in [2.05, 4.69) is 10.6 Å². The Morgan fingerprint density at radius 1 is 1.06 bits per heavy atom. The average Bonchev–Trinajstić information content (AvgIpc) is 3.33. The summed E-state index contributed by atoms with van der Waals surface area (Å²) in [5.41, 5.74) is 7.20. The third-order valence-electron chi connectivity index (χ3n) is 6.94. The molecule has 0 aromatic heterocycles. The largest absolute Gasteiger partial charge is 0.370 e. The minimum absolute atomic E-state index is 0.136. The first kappa shape index (κ1) is 20.4. The van der Waals surface area contributed by atoms with Gasteiger partial charge in [0.2, 0.25) is 23.6 Å². The molecular weight excluding hydrogens is 408 g/mol. The lowest BCUT2D eigenvalue weighted by Crippen LogP contribution is -2.53. The molecule has 2 saturated heterocycles. The highest BCUT2D eigenvalue weighted by molar-refractivity contribution is 6.15. The number of rotatable bonds is 5. The molecule has 3 heterocycles. The van der Waals surface area contributed by atoms with Gasteiger partial charge in [0.05, 0.1) is 11.8 Å². The fraction of sp³-hybridized carbons (Fsp3) is 0.333. The van der Waals surface area contributed by atoms with Crippen LogP contribution in [-0.4, -0.2) is 41.1 Å². The second kappa shape index (κ2) is 7.27. The maximum absolute atomic E-state index is 13.6. The van der Waals surface area contributed by atoms with Crippen molar-refractivity contribution in [2.24, 2.45) is 17.6 Å². The lowest BCUT2D eigenvalue weighted by atomic mass is 9.76. The fourth-order valence-electron chi connectivity index (χ4n) is 5.53. The number of amides is 4. The molecule has 4 amide bonds. The molecule has 4 N–H and O–H groups in total. The number of nitrogens with one attached hydrogen (secondary N) is 2. The highest BCUT2D eigenvalue weighted by Gasteiger charge is 2.70. The van der Waals surface area contributed by atoms with Gasteiger partial charge in [-0.15, -0.1) is 0 Å². The van der Waals surface area contributed by atoms with Crippen molar-refractivity contribution in [2.45, 2.75) is 31.3 Å². The highest BCUT2D eigenvalue weighted by Crippen LogP contribution is 2.53. The van der Waals surface area contributed by atoms with E-state index in [9.17, 15) is 19.2 Å². The van der Waals surface area contributed by atoms with Gasteiger partial charge in [-0.3, -0.25) is 29.4 Å². The van der Waals surface area contributed by atoms with E-state index in [1.165, 1.54) is 4.90 Å². The molecule has 8 heteroatoms. The molecule has 0 radical (unpaired) electrons. The third kappa shape index (κ3) is 2.79. The van der Waals surface area contributed by atoms with Gasteiger partial charge < -0.3 is 11.1 Å². The predicted octanol–water partition coefficient (Wildman–Crippen LogP) is 0.834. The van der Waals surface area contributed by atoms with Crippen LogP contribution in [-0.2, 0) is 31.1 Å². The number of carbonyl (C=O) groups excluding carboxylic acids is 4. The second-order valence-corrected chi connectivity index (χ2v) is 8.75. The normalized spacial score (nSPS) is 28.2. The minimum atomic E-state index is -1.40. The smallest absolute Gasteiger partial charge is 0.250 e. The summed E-state index contributed by atoms with van der Waals surface area (Å²) in [6.45, 7) is 2.09. The van der Waals surface area contributed by atoms with E-state index in [1.54, 1.807) is 6.07 Å². The van der Waals surface area contributed by atoms with Gasteiger partial charge in [0.1, 0.15) is 5.54 Å². The maximum atomic E-state index is 13.6. The van der Waals surface area contributed by atoms with Crippen molar-refractivity contribution in [3.8, 4) is 0 Å². The molecule has 0 bridgehead atoms. The van der Waals surface area contributed by atoms with E-state index < -0.39 is 29.3 Å². The Morgan fingerprint density at radius 2 is 1.81 bits per heavy atom. The Labute approximate surface area is 185 Å². The van der Waals surface area contributed by atoms with Crippen molar-refractivity contribution in [1.29, 1.82) is 0 Å². The number of anilines is 1. The summed E-state index contributed by atoms with van der Waals surface area (Å²) in [6, 6.07) is 14.4. The third-order valence-corrected chi connectivity index (χ3v) is 6.94. The SMILES string of the molecule is Cc1cccc2c1NC(=O)[C@]21N[C@@H](CC(N)=O)[C@H]2C(=O)N(CCc3ccccc3)C(=O)[C@@H]21. The maximum Gasteiger partial charge on any atom is 0.250 e. The molecule has 3 aliphatic rings. The number of hydrogen-bond donors (Lipinski definition) is 3. The Hall–Kier alpha value is -3.52. The predicted molar refractivity (Wildman–Crippen MR) is 116 cm³/mol. The van der Waals surface area contributed by atoms with Gasteiger partial charge in [-0.25, -0.2) is 0 Å². The number of imide groups is 1. The van der Waals surface area contributed by atoms with Crippen LogP contribution in [0.2, 0.25) is 0 Å². The van der Waals surface area contributed by atoms with Crippen LogP contribution in [0.15, 0.2) is 48.5 Å². The van der Waals surface area contributed by atoms with Gasteiger partial charge in [-0.05, 0) is 24.5 Å². The van der Waals surface area contributed by atoms with E-state index in [0.717, 1.165) is 11.1 Å². The first-order chi connectivity index (χ1) is 15.3. The highest BCUT2D eigenvalue weighted by atomic mass is 16.2. The first-order valence-corrected chi connectivity index (χ1v) is 10.7. The fourth-order valence-corrected chi connectivity index (χ4v) is 5.53. The molecule has 5 rings (SSSR count). The van der Waals surface area contributed by atoms with Crippen LogP contribution in [0.3, 0.4) is 0 Å². The number of likely N-dealkylation sites (tertiary alicyclic amines) is 1. The lowest BCUT2D eigenvalue weighted by molar-refractivity contribution is -0.142. The second-order valence-electron chi connectivity index (χ2n) is 8.75. The summed E-state index contributed by atoms with van der Waals surface area (Å²) in [6.07, 6.45) is 0.378. The number of benzene rings is 2. The molecule has 164 valence electrons. The van der Waals surface area contributed by atoms with Crippen LogP contribution in [0.25, 0.3) is 0 Å². The number of primary amides is 1. The molecule has 3 aliphatic heterocycles. The van der Waals surface area contributed by atoms with E-state index in [4.69, 9.17) is 5.73 Å². The van der Waals surface area contributed by atoms with Gasteiger partial charge in [-0.1, -0.05) is 48.5 Å². The molecule has 1 spiro atoms. The molecule has 2 aromatic carbocycles. The van der Waals surface area contributed by atoms with E-state index >= 15 is 0 Å². The van der Waals surface area contributed by atoms with Gasteiger partial charge in [0.25, 0.3) is 0 Å². The van der Waals surface area contributed by atoms with Crippen molar-refractivity contribution in [3.05, 3.63) is 65.2 Å². The number of fused-ring (bicyclic) bond motifs is 4. The Balaban J connectivity index is 1.55. The van der Waals surface area contributed by atoms with Crippen LogP contribution >= 0.6 is 0 Å². The molecule has 0 saturated carbocycles. The summed E-state index contributed by atoms with van der Waals surface area (Å²) in [7, 11) is 0. The van der Waals surface area contributed by atoms with Crippen LogP contribution in [0.5, 0.6) is 0 Å². The number of aryl methyl sites for hydroxylation is 1. The Morgan fingerprint density at radius 3 is 2.53 bits per heavy atom. The quantitative estimate of drug-likeness (QED) is 0.605. The Kier molecular flexibility index (Phi) is 4.63. The number of hydrogen-bond acceptors (Lipinski definition) is 5. The monoisotopic (exact) mass is 432 g/mol. The van der Waals surface area contributed by atoms with E-state index in [1.807, 2.05) is 49.4 Å². The zero-order chi connectivity index (χ0) is 22.6. The zero-order valence-electron chi connectivity index (χ0n) is 17.6. The summed E-state index contributed by atoms with van der Waals surface area (Å²) < 4.78 is 0. The zero-order valence-corrected chi connectivity index (χ0v) is 17.6. The molecule has 8 nitrogen and oxygen atoms in total. The van der Waals surface area contributed by atoms with Gasteiger partial charge in [0, 0.05) is 30.3 Å². The molecule has 2 aromatic rings. The van der Waals surface area contributed by atoms with Gasteiger partial charge in [0.15, 0.2) is 0 Å². The average molecular weight is 432 g/mol. The van der Waals surface area contributed by atoms with Crippen molar-refractivity contribution < 1.29 is 19.2 Å². The number of para-hydroxylation sites is 1. The van der Waals surface area contributed by atoms with Gasteiger partial charge in [-0.2, -0.15) is 0 Å². The van der Waals surface area contributed by atoms with Crippen LogP contribution in [0.4, 0.5) is 5.69 Å². The van der Waals surface area contributed by atoms with Crippen molar-refractivity contribution in [2.75, 3.05) is 11.9 Å². The van der Waals surface area contributed by atoms with E-state index in [0.29, 0.717) is 17.7 Å². The summed E-state index contributed by atoms with van der Waals surface area (Å²) in [4.78, 5) is 53.4. The first-order valence-electron chi connectivity index (χ1n) is 10.7. The van der Waals surface area contributed by atoms with E-state index in [-0.39, 0.29) is 30.7 Å². The van der Waals surface area contributed by atoms with Gasteiger partial charge >= 0.3 is 0 Å². The van der Waals surface area contributed by atoms with Crippen molar-refractivity contribution >= 4 is 29.3 Å². The molecular formula is C24H24N4O4. The summed E-state index contributed by atoms with van der Waals surface area (Å²) in [5, 5.41) is 6.10. The summed E-state index contributed by atoms with van der Waals surface area (Å²) in [5.74, 6) is -3.49. The van der Waals surface area contributed by atoms with Crippen LogP contribution in [0, 0.1) is 18.8 Å². The number of nitrogens with zero attached hydrogens (tertiary/aromatic N) is 1. The molecule has 0 unspecified atom stereocenters. The topological polar surface area (TPSA) is 122 Å². The molecule has 0 aliphatic carbocycles. The lowest BCUT2D eigenvalue weighted by Gasteiger charge is -2.29. The standard InChI is InChI=1S/C24H24N4O4/c1-13-6-5-9-15-20(13)26-23(32)24(15)19-18(16(27-24)12-17(25)29)21(30)28(22(19)31)11-10-14-7-3-2-4-8-14/h2-9,16,18-19,27H,10-12H2,1H3,(H2,25,29)(H,26,32)/t16-,18+,19+,24-/m0/s1. The number of carbonyl (C=O) groups is 4. The van der Waals surface area contributed by atoms with Crippen molar-refractivity contribution in [3.63, 3.8) is 0 Å². The Bertz CT molecular complexity index is 1150. The number of nitrogens with two attached hydrogens (primary N) is 1. The summed E-state index contributed by atoms with van der Waals surface area (Å²) >= 11 is 0.